The number of anilines is 1. The van der Waals surface area contributed by atoms with E-state index in [1.54, 1.807) is 0 Å². The third kappa shape index (κ3) is 3.36. The van der Waals surface area contributed by atoms with Gasteiger partial charge in [-0.1, -0.05) is 0 Å². The molecule has 0 saturated heterocycles. The van der Waals surface area contributed by atoms with Crippen LogP contribution in [0.15, 0.2) is 12.1 Å². The topological polar surface area (TPSA) is 37.4 Å². The average molecular weight is 316 g/mol. The molecule has 0 unspecified atom stereocenters. The lowest BCUT2D eigenvalue weighted by molar-refractivity contribution is 0.314. The van der Waals surface area contributed by atoms with Crippen molar-refractivity contribution >= 4 is 22.8 Å². The summed E-state index contributed by atoms with van der Waals surface area (Å²) in [6, 6.07) is 4.65. The third-order valence-corrected chi connectivity index (χ3v) is 3.02. The van der Waals surface area contributed by atoms with Crippen LogP contribution in [0.1, 0.15) is 26.3 Å². The van der Waals surface area contributed by atoms with Crippen LogP contribution in [-0.4, -0.2) is 30.7 Å². The van der Waals surface area contributed by atoms with E-state index in [9.17, 15) is 0 Å². The third-order valence-electron chi connectivity index (χ3n) is 3.02. The minimum absolute atomic E-state index is 0. The summed E-state index contributed by atoms with van der Waals surface area (Å²) in [5.41, 5.74) is 1.14. The van der Waals surface area contributed by atoms with Gasteiger partial charge < -0.3 is 15.0 Å². The van der Waals surface area contributed by atoms with E-state index in [0.717, 1.165) is 36.9 Å². The summed E-state index contributed by atoms with van der Waals surface area (Å²) >= 11 is 0. The van der Waals surface area contributed by atoms with Gasteiger partial charge in [0, 0.05) is 31.2 Å². The number of pyridine rings is 1. The molecule has 1 aliphatic rings. The van der Waals surface area contributed by atoms with Crippen molar-refractivity contribution in [3.05, 3.63) is 17.7 Å². The van der Waals surface area contributed by atoms with Gasteiger partial charge in [0.25, 0.3) is 0 Å². The Morgan fingerprint density at radius 2 is 2.22 bits per heavy atom. The number of hydrogen-bond donors (Lipinski definition) is 1. The first-order valence-corrected chi connectivity index (χ1v) is 6.32. The predicted octanol–water partition coefficient (Wildman–Crippen LogP) is 2.38. The maximum absolute atomic E-state index is 5.66. The zero-order valence-electron chi connectivity index (χ0n) is 11.3. The summed E-state index contributed by atoms with van der Waals surface area (Å²) < 4.78 is 5.66. The van der Waals surface area contributed by atoms with E-state index < -0.39 is 0 Å². The van der Waals surface area contributed by atoms with Crippen LogP contribution >= 0.6 is 17.0 Å². The number of nitrogens with zero attached hydrogens (tertiary/aromatic N) is 2. The van der Waals surface area contributed by atoms with E-state index in [1.165, 1.54) is 0 Å². The Balaban J connectivity index is 0.00000162. The fourth-order valence-corrected chi connectivity index (χ4v) is 2.11. The quantitative estimate of drug-likeness (QED) is 0.929. The van der Waals surface area contributed by atoms with Crippen LogP contribution in [0, 0.1) is 0 Å². The maximum Gasteiger partial charge on any atom is 0.219 e. The van der Waals surface area contributed by atoms with Gasteiger partial charge in [-0.15, -0.1) is 17.0 Å². The van der Waals surface area contributed by atoms with Crippen molar-refractivity contribution in [2.75, 3.05) is 24.6 Å². The van der Waals surface area contributed by atoms with Gasteiger partial charge in [-0.2, -0.15) is 4.98 Å². The molecule has 0 saturated carbocycles. The molecule has 1 N–H and O–H groups in total. The van der Waals surface area contributed by atoms with E-state index in [0.29, 0.717) is 12.6 Å². The number of nitrogens with one attached hydrogen (secondary N) is 1. The van der Waals surface area contributed by atoms with E-state index in [-0.39, 0.29) is 17.0 Å². The van der Waals surface area contributed by atoms with E-state index in [4.69, 9.17) is 4.74 Å². The first kappa shape index (κ1) is 15.2. The Labute approximate surface area is 120 Å². The lowest BCUT2D eigenvalue weighted by Gasteiger charge is -2.26. The highest BCUT2D eigenvalue weighted by Crippen LogP contribution is 2.23. The van der Waals surface area contributed by atoms with Crippen molar-refractivity contribution in [1.82, 2.24) is 10.3 Å². The zero-order valence-corrected chi connectivity index (χ0v) is 13.0. The van der Waals surface area contributed by atoms with Crippen LogP contribution in [0.25, 0.3) is 0 Å². The van der Waals surface area contributed by atoms with Gasteiger partial charge in [0.1, 0.15) is 12.4 Å². The Hall–Kier alpha value is -0.810. The molecule has 0 radical (unpaired) electrons. The molecule has 0 bridgehead atoms. The van der Waals surface area contributed by atoms with Crippen LogP contribution in [0.4, 0.5) is 5.82 Å². The second-order valence-electron chi connectivity index (χ2n) is 4.54. The van der Waals surface area contributed by atoms with Crippen LogP contribution in [0.5, 0.6) is 5.88 Å². The van der Waals surface area contributed by atoms with Crippen LogP contribution in [0.2, 0.25) is 0 Å². The predicted molar refractivity (Wildman–Crippen MR) is 79.9 cm³/mol. The molecular formula is C13H22BrN3O. The van der Waals surface area contributed by atoms with E-state index >= 15 is 0 Å². The first-order chi connectivity index (χ1) is 8.22. The van der Waals surface area contributed by atoms with Crippen LogP contribution in [0.3, 0.4) is 0 Å². The number of halogens is 1. The Bertz CT molecular complexity index is 384. The van der Waals surface area contributed by atoms with Crippen molar-refractivity contribution in [3.8, 4) is 5.88 Å². The van der Waals surface area contributed by atoms with Gasteiger partial charge in [-0.05, 0) is 32.9 Å². The second-order valence-corrected chi connectivity index (χ2v) is 4.54. The Kier molecular flexibility index (Phi) is 5.88. The molecule has 0 spiro atoms. The number of ether oxygens (including phenoxy) is 1. The molecule has 2 heterocycles. The molecule has 5 heteroatoms. The molecule has 102 valence electrons. The van der Waals surface area contributed by atoms with E-state index in [1.807, 2.05) is 0 Å². The minimum Gasteiger partial charge on any atom is -0.476 e. The van der Waals surface area contributed by atoms with Crippen molar-refractivity contribution in [1.29, 1.82) is 0 Å². The molecule has 1 aromatic heterocycles. The highest BCUT2D eigenvalue weighted by molar-refractivity contribution is 8.93. The van der Waals surface area contributed by atoms with Gasteiger partial charge in [0.15, 0.2) is 0 Å². The fourth-order valence-electron chi connectivity index (χ4n) is 2.11. The SMILES string of the molecule is Br.CCN(c1ccc2c(n1)OCCNC2)C(C)C. The highest BCUT2D eigenvalue weighted by atomic mass is 79.9. The number of aromatic nitrogens is 1. The Morgan fingerprint density at radius 1 is 1.44 bits per heavy atom. The lowest BCUT2D eigenvalue weighted by Crippen LogP contribution is -2.31. The number of fused-ring (bicyclic) bond motifs is 1. The van der Waals surface area contributed by atoms with Crippen LogP contribution in [-0.2, 0) is 6.54 Å². The minimum atomic E-state index is 0. The number of rotatable bonds is 3. The molecule has 0 aliphatic carbocycles. The van der Waals surface area contributed by atoms with Gasteiger partial charge in [0.2, 0.25) is 5.88 Å². The van der Waals surface area contributed by atoms with Gasteiger partial charge in [0.05, 0.1) is 0 Å². The van der Waals surface area contributed by atoms with Gasteiger partial charge >= 0.3 is 0 Å². The summed E-state index contributed by atoms with van der Waals surface area (Å²) in [6.07, 6.45) is 0. The summed E-state index contributed by atoms with van der Waals surface area (Å²) in [5.74, 6) is 1.79. The van der Waals surface area contributed by atoms with Crippen molar-refractivity contribution in [2.45, 2.75) is 33.4 Å². The standard InChI is InChI=1S/C13H21N3O.BrH/c1-4-16(10(2)3)12-6-5-11-9-14-7-8-17-13(11)15-12;/h5-6,10,14H,4,7-9H2,1-3H3;1H. The Morgan fingerprint density at radius 3 is 2.89 bits per heavy atom. The largest absolute Gasteiger partial charge is 0.476 e. The summed E-state index contributed by atoms with van der Waals surface area (Å²) in [5, 5.41) is 3.31. The molecule has 18 heavy (non-hydrogen) atoms. The van der Waals surface area contributed by atoms with Gasteiger partial charge in [-0.3, -0.25) is 0 Å². The molecule has 0 atom stereocenters. The van der Waals surface area contributed by atoms with Crippen molar-refractivity contribution < 1.29 is 4.74 Å². The molecule has 0 fully saturated rings. The monoisotopic (exact) mass is 315 g/mol. The molecule has 0 amide bonds. The summed E-state index contributed by atoms with van der Waals surface area (Å²) in [6.45, 7) is 9.89. The molecular weight excluding hydrogens is 294 g/mol. The molecule has 4 nitrogen and oxygen atoms in total. The molecule has 1 aliphatic heterocycles. The average Bonchev–Trinajstić information content (AvgIpc) is 2.54. The highest BCUT2D eigenvalue weighted by Gasteiger charge is 2.15. The van der Waals surface area contributed by atoms with Crippen molar-refractivity contribution in [2.24, 2.45) is 0 Å². The zero-order chi connectivity index (χ0) is 12.3. The van der Waals surface area contributed by atoms with E-state index in [2.05, 4.69) is 48.1 Å². The maximum atomic E-state index is 5.66. The van der Waals surface area contributed by atoms with Gasteiger partial charge in [-0.25, -0.2) is 0 Å². The molecule has 1 aromatic rings. The summed E-state index contributed by atoms with van der Waals surface area (Å²) in [7, 11) is 0. The molecule has 2 rings (SSSR count). The van der Waals surface area contributed by atoms with Crippen molar-refractivity contribution in [3.63, 3.8) is 0 Å². The fraction of sp³-hybridized carbons (Fsp3) is 0.615. The second kappa shape index (κ2) is 6.95. The van der Waals surface area contributed by atoms with Crippen LogP contribution < -0.4 is 15.0 Å². The first-order valence-electron chi connectivity index (χ1n) is 6.32. The summed E-state index contributed by atoms with van der Waals surface area (Å²) in [4.78, 5) is 6.90. The lowest BCUT2D eigenvalue weighted by atomic mass is 10.2. The smallest absolute Gasteiger partial charge is 0.219 e. The number of hydrogen-bond acceptors (Lipinski definition) is 4. The molecule has 0 aromatic carbocycles. The normalized spacial score (nSPS) is 14.2.